The highest BCUT2D eigenvalue weighted by Crippen LogP contribution is 2.28. The minimum atomic E-state index is -0.773. The van der Waals surface area contributed by atoms with Crippen molar-refractivity contribution in [3.8, 4) is 0 Å². The fourth-order valence-corrected chi connectivity index (χ4v) is 3.40. The van der Waals surface area contributed by atoms with Crippen molar-refractivity contribution in [1.82, 2.24) is 5.06 Å². The highest BCUT2D eigenvalue weighted by molar-refractivity contribution is 6.40. The molecular weight excluding hydrogens is 320 g/mol. The molecule has 1 saturated carbocycles. The van der Waals surface area contributed by atoms with Gasteiger partial charge in [0.05, 0.1) is 0 Å². The molecule has 23 heavy (non-hydrogen) atoms. The number of hydroxylamine groups is 3. The summed E-state index contributed by atoms with van der Waals surface area (Å²) in [6, 6.07) is 5.29. The van der Waals surface area contributed by atoms with E-state index < -0.39 is 18.0 Å². The topological polar surface area (TPSA) is 83.7 Å². The maximum Gasteiger partial charge on any atom is 0.339 e. The first-order chi connectivity index (χ1) is 11.0. The van der Waals surface area contributed by atoms with Crippen molar-refractivity contribution >= 4 is 29.0 Å². The van der Waals surface area contributed by atoms with Crippen molar-refractivity contribution in [1.29, 1.82) is 0 Å². The maximum absolute atomic E-state index is 12.5. The van der Waals surface area contributed by atoms with Crippen molar-refractivity contribution in [3.05, 3.63) is 40.1 Å². The lowest BCUT2D eigenvalue weighted by molar-refractivity contribution is -0.523. The van der Waals surface area contributed by atoms with Crippen LogP contribution in [0.2, 0.25) is 5.02 Å². The molecule has 0 spiro atoms. The Morgan fingerprint density at radius 3 is 2.65 bits per heavy atom. The largest absolute Gasteiger partial charge is 0.623 e. The van der Waals surface area contributed by atoms with Crippen LogP contribution in [-0.4, -0.2) is 44.5 Å². The predicted molar refractivity (Wildman–Crippen MR) is 83.7 cm³/mol. The summed E-state index contributed by atoms with van der Waals surface area (Å²) in [5.74, 6) is -1.13. The molecule has 0 radical (unpaired) electrons. The molecule has 0 saturated heterocycles. The van der Waals surface area contributed by atoms with Crippen LogP contribution >= 0.6 is 11.6 Å². The van der Waals surface area contributed by atoms with Gasteiger partial charge in [0.25, 0.3) is 5.71 Å². The van der Waals surface area contributed by atoms with E-state index in [4.69, 9.17) is 11.6 Å². The van der Waals surface area contributed by atoms with Crippen LogP contribution in [0.3, 0.4) is 0 Å². The lowest BCUT2D eigenvalue weighted by atomic mass is 9.88. The van der Waals surface area contributed by atoms with Gasteiger partial charge in [-0.15, -0.1) is 0 Å². The van der Waals surface area contributed by atoms with Crippen LogP contribution in [0.25, 0.3) is 0 Å². The lowest BCUT2D eigenvalue weighted by Crippen LogP contribution is -2.59. The monoisotopic (exact) mass is 336 g/mol. The molecule has 1 heterocycles. The normalized spacial score (nSPS) is 24.6. The van der Waals surface area contributed by atoms with E-state index in [1.807, 2.05) is 0 Å². The predicted octanol–water partition coefficient (Wildman–Crippen LogP) is 2.41. The number of fused-ring (bicyclic) bond motifs is 1. The molecule has 0 unspecified atom stereocenters. The maximum atomic E-state index is 12.5. The van der Waals surface area contributed by atoms with E-state index in [2.05, 4.69) is 0 Å². The molecular formula is C16H17ClN2O4. The Morgan fingerprint density at radius 1 is 1.30 bits per heavy atom. The van der Waals surface area contributed by atoms with Crippen molar-refractivity contribution in [2.75, 3.05) is 0 Å². The third-order valence-corrected chi connectivity index (χ3v) is 4.78. The van der Waals surface area contributed by atoms with Crippen LogP contribution in [0.1, 0.15) is 42.5 Å². The summed E-state index contributed by atoms with van der Waals surface area (Å²) in [7, 11) is 0. The summed E-state index contributed by atoms with van der Waals surface area (Å²) in [6.07, 6.45) is 2.63. The smallest absolute Gasteiger partial charge is 0.339 e. The Labute approximate surface area is 138 Å². The minimum Gasteiger partial charge on any atom is -0.623 e. The molecule has 1 aliphatic carbocycles. The molecule has 1 aromatic carbocycles. The average molecular weight is 337 g/mol. The van der Waals surface area contributed by atoms with Crippen LogP contribution in [0.15, 0.2) is 24.3 Å². The second kappa shape index (κ2) is 6.29. The standard InChI is InChI=1S/C16H17ClN2O4/c17-11-7-5-10(6-8-11)15(20)9-14-16(21)19(23)13-4-2-1-3-12(13)18(14)22/h5-8,12-13,23H,1-4,9H2/t12-,13-/m0/s1. The number of Topliss-reactive ketones (excluding diaryl/α,β-unsaturated/α-hetero) is 1. The molecule has 1 fully saturated rings. The third-order valence-electron chi connectivity index (χ3n) is 4.52. The molecule has 3 rings (SSSR count). The van der Waals surface area contributed by atoms with Gasteiger partial charge < -0.3 is 5.21 Å². The van der Waals surface area contributed by atoms with Gasteiger partial charge in [0.1, 0.15) is 12.5 Å². The summed E-state index contributed by atoms with van der Waals surface area (Å²) in [5.41, 5.74) is 0.175. The Bertz CT molecular complexity index is 671. The van der Waals surface area contributed by atoms with Crippen LogP contribution in [0, 0.1) is 5.21 Å². The van der Waals surface area contributed by atoms with Crippen LogP contribution < -0.4 is 0 Å². The second-order valence-electron chi connectivity index (χ2n) is 5.95. The highest BCUT2D eigenvalue weighted by atomic mass is 35.5. The van der Waals surface area contributed by atoms with Gasteiger partial charge in [-0.25, -0.2) is 5.06 Å². The summed E-state index contributed by atoms with van der Waals surface area (Å²) < 4.78 is 0.646. The zero-order valence-corrected chi connectivity index (χ0v) is 13.2. The first-order valence-corrected chi connectivity index (χ1v) is 8.00. The summed E-state index contributed by atoms with van der Waals surface area (Å²) in [5, 5.41) is 23.7. The average Bonchev–Trinajstić information content (AvgIpc) is 2.57. The minimum absolute atomic E-state index is 0.199. The highest BCUT2D eigenvalue weighted by Gasteiger charge is 2.46. The van der Waals surface area contributed by atoms with Gasteiger partial charge in [-0.05, 0) is 37.1 Å². The zero-order valence-electron chi connectivity index (χ0n) is 12.4. The molecule has 2 atom stereocenters. The first kappa shape index (κ1) is 16.0. The second-order valence-corrected chi connectivity index (χ2v) is 6.38. The zero-order chi connectivity index (χ0) is 16.6. The number of carbonyl (C=O) groups is 2. The van der Waals surface area contributed by atoms with Crippen molar-refractivity contribution in [2.45, 2.75) is 44.2 Å². The van der Waals surface area contributed by atoms with E-state index in [9.17, 15) is 20.0 Å². The Hall–Kier alpha value is -1.92. The van der Waals surface area contributed by atoms with Crippen LogP contribution in [-0.2, 0) is 4.79 Å². The number of amides is 1. The summed E-state index contributed by atoms with van der Waals surface area (Å²) >= 11 is 5.78. The number of benzene rings is 1. The van der Waals surface area contributed by atoms with Gasteiger partial charge in [-0.1, -0.05) is 18.0 Å². The molecule has 1 aliphatic heterocycles. The van der Waals surface area contributed by atoms with Crippen LogP contribution in [0.5, 0.6) is 0 Å². The fourth-order valence-electron chi connectivity index (χ4n) is 3.27. The molecule has 2 aliphatic rings. The SMILES string of the molecule is O=C(CC1=[N+]([O-])[C@H]2CCCC[C@@H]2N(O)C1=O)c1ccc(Cl)cc1. The number of rotatable bonds is 3. The van der Waals surface area contributed by atoms with Gasteiger partial charge in [-0.2, -0.15) is 4.74 Å². The summed E-state index contributed by atoms with van der Waals surface area (Å²) in [4.78, 5) is 24.5. The summed E-state index contributed by atoms with van der Waals surface area (Å²) in [6.45, 7) is 0. The Balaban J connectivity index is 1.86. The number of halogens is 1. The van der Waals surface area contributed by atoms with E-state index in [1.165, 1.54) is 0 Å². The fraction of sp³-hybridized carbons (Fsp3) is 0.438. The quantitative estimate of drug-likeness (QED) is 0.397. The Kier molecular flexibility index (Phi) is 4.37. The third kappa shape index (κ3) is 2.96. The van der Waals surface area contributed by atoms with E-state index in [-0.39, 0.29) is 17.9 Å². The number of carbonyl (C=O) groups excluding carboxylic acids is 2. The van der Waals surface area contributed by atoms with Crippen molar-refractivity contribution in [3.63, 3.8) is 0 Å². The lowest BCUT2D eigenvalue weighted by Gasteiger charge is -2.38. The molecule has 7 heteroatoms. The molecule has 0 bridgehead atoms. The van der Waals surface area contributed by atoms with Gasteiger partial charge in [0.15, 0.2) is 11.8 Å². The van der Waals surface area contributed by atoms with Crippen molar-refractivity contribution < 1.29 is 19.5 Å². The molecule has 1 aromatic rings. The van der Waals surface area contributed by atoms with Crippen LogP contribution in [0.4, 0.5) is 0 Å². The number of hydrogen-bond donors (Lipinski definition) is 1. The van der Waals surface area contributed by atoms with E-state index in [1.54, 1.807) is 24.3 Å². The molecule has 0 aromatic heterocycles. The van der Waals surface area contributed by atoms with Crippen molar-refractivity contribution in [2.24, 2.45) is 0 Å². The Morgan fingerprint density at radius 2 is 1.96 bits per heavy atom. The molecule has 1 N–H and O–H groups in total. The van der Waals surface area contributed by atoms with E-state index in [0.29, 0.717) is 33.2 Å². The molecule has 122 valence electrons. The van der Waals surface area contributed by atoms with Gasteiger partial charge in [0, 0.05) is 17.0 Å². The van der Waals surface area contributed by atoms with E-state index in [0.717, 1.165) is 12.8 Å². The van der Waals surface area contributed by atoms with E-state index >= 15 is 0 Å². The molecule has 1 amide bonds. The van der Waals surface area contributed by atoms with Gasteiger partial charge in [0.2, 0.25) is 0 Å². The number of ketones is 1. The number of hydrogen-bond acceptors (Lipinski definition) is 4. The molecule has 6 nitrogen and oxygen atoms in total. The number of nitrogens with zero attached hydrogens (tertiary/aromatic N) is 2. The van der Waals surface area contributed by atoms with Gasteiger partial charge in [-0.3, -0.25) is 14.8 Å². The van der Waals surface area contributed by atoms with Gasteiger partial charge >= 0.3 is 5.91 Å². The first-order valence-electron chi connectivity index (χ1n) is 7.62.